The number of carboxylic acid groups (broad SMARTS) is 1. The molecule has 0 amide bonds. The second-order valence-corrected chi connectivity index (χ2v) is 9.05. The summed E-state index contributed by atoms with van der Waals surface area (Å²) >= 11 is 0. The van der Waals surface area contributed by atoms with Crippen molar-refractivity contribution in [1.82, 2.24) is 0 Å². The third kappa shape index (κ3) is 6.55. The molecule has 0 aliphatic heterocycles. The minimum atomic E-state index is -2.69. The van der Waals surface area contributed by atoms with Gasteiger partial charge in [-0.15, -0.1) is 0 Å². The Morgan fingerprint density at radius 3 is 2.05 bits per heavy atom. The minimum absolute atomic E-state index is 0.0676. The molecule has 0 radical (unpaired) electrons. The Hall–Kier alpha value is -4.22. The summed E-state index contributed by atoms with van der Waals surface area (Å²) in [5.74, 6) is 0.415. The van der Waals surface area contributed by atoms with Gasteiger partial charge in [-0.05, 0) is 35.4 Å². The lowest BCUT2D eigenvalue weighted by Crippen LogP contribution is -2.12. The molecule has 0 aromatic heterocycles. The number of methoxy groups -OCH3 is 4. The molecular formula is C27H29NO9S. The zero-order chi connectivity index (χ0) is 27.8. The summed E-state index contributed by atoms with van der Waals surface area (Å²) in [4.78, 5) is 11.2. The number of ether oxygens (including phenoxy) is 4. The van der Waals surface area contributed by atoms with Gasteiger partial charge >= 0.3 is 5.97 Å². The van der Waals surface area contributed by atoms with Gasteiger partial charge in [-0.3, -0.25) is 4.79 Å². The van der Waals surface area contributed by atoms with Crippen LogP contribution in [0.5, 0.6) is 23.0 Å². The fourth-order valence-corrected chi connectivity index (χ4v) is 4.62. The van der Waals surface area contributed by atoms with E-state index in [0.717, 1.165) is 0 Å². The van der Waals surface area contributed by atoms with Gasteiger partial charge < -0.3 is 34.5 Å². The monoisotopic (exact) mass is 543 g/mol. The number of carboxylic acids is 1. The van der Waals surface area contributed by atoms with Crippen LogP contribution in [0, 0.1) is 0 Å². The highest BCUT2D eigenvalue weighted by Crippen LogP contribution is 2.40. The molecule has 0 fully saturated rings. The molecule has 11 heteroatoms. The molecule has 1 atom stereocenters. The lowest BCUT2D eigenvalue weighted by Gasteiger charge is -2.20. The summed E-state index contributed by atoms with van der Waals surface area (Å²) in [5.41, 5.74) is 2.07. The molecule has 0 saturated carbocycles. The SMILES string of the molecule is COc1cc(OC)c(C(O)CC(c2ccc(OC)c(Nc3ccccc3CC(=O)O)c2)=S(=O)=O)c(OC)c1. The van der Waals surface area contributed by atoms with Gasteiger partial charge in [0, 0.05) is 24.2 Å². The van der Waals surface area contributed by atoms with E-state index in [1.54, 1.807) is 54.6 Å². The van der Waals surface area contributed by atoms with Crippen molar-refractivity contribution in [2.24, 2.45) is 0 Å². The van der Waals surface area contributed by atoms with Crippen molar-refractivity contribution in [1.29, 1.82) is 0 Å². The average molecular weight is 544 g/mol. The predicted molar refractivity (Wildman–Crippen MR) is 143 cm³/mol. The Labute approximate surface area is 221 Å². The van der Waals surface area contributed by atoms with E-state index < -0.39 is 22.4 Å². The largest absolute Gasteiger partial charge is 0.496 e. The zero-order valence-electron chi connectivity index (χ0n) is 21.3. The normalized spacial score (nSPS) is 11.3. The van der Waals surface area contributed by atoms with Crippen LogP contribution in [0.15, 0.2) is 54.6 Å². The Balaban J connectivity index is 2.02. The number of benzene rings is 3. The molecule has 0 bridgehead atoms. The van der Waals surface area contributed by atoms with Gasteiger partial charge in [0.1, 0.15) is 23.0 Å². The molecule has 38 heavy (non-hydrogen) atoms. The highest BCUT2D eigenvalue weighted by atomic mass is 32.2. The Kier molecular flexibility index (Phi) is 9.58. The van der Waals surface area contributed by atoms with Crippen molar-refractivity contribution in [3.8, 4) is 23.0 Å². The van der Waals surface area contributed by atoms with Crippen molar-refractivity contribution in [3.05, 3.63) is 71.3 Å². The molecular weight excluding hydrogens is 514 g/mol. The van der Waals surface area contributed by atoms with Crippen LogP contribution in [0.1, 0.15) is 29.2 Å². The van der Waals surface area contributed by atoms with Gasteiger partial charge in [0.2, 0.25) is 10.3 Å². The Morgan fingerprint density at radius 2 is 1.50 bits per heavy atom. The molecule has 10 nitrogen and oxygen atoms in total. The van der Waals surface area contributed by atoms with E-state index in [2.05, 4.69) is 5.32 Å². The number of aliphatic hydroxyl groups is 1. The summed E-state index contributed by atoms with van der Waals surface area (Å²) in [7, 11) is 3.09. The summed E-state index contributed by atoms with van der Waals surface area (Å²) in [6, 6.07) is 14.7. The number of hydrogen-bond donors (Lipinski definition) is 3. The van der Waals surface area contributed by atoms with E-state index in [0.29, 0.717) is 34.0 Å². The van der Waals surface area contributed by atoms with Gasteiger partial charge in [-0.25, -0.2) is 0 Å². The maximum absolute atomic E-state index is 12.3. The number of aliphatic carboxylic acids is 1. The summed E-state index contributed by atoms with van der Waals surface area (Å²) in [6.45, 7) is 0. The lowest BCUT2D eigenvalue weighted by atomic mass is 9.98. The van der Waals surface area contributed by atoms with Gasteiger partial charge in [0.25, 0.3) is 0 Å². The first-order chi connectivity index (χ1) is 18.2. The minimum Gasteiger partial charge on any atom is -0.496 e. The molecule has 202 valence electrons. The number of rotatable bonds is 12. The van der Waals surface area contributed by atoms with E-state index in [-0.39, 0.29) is 34.8 Å². The zero-order valence-corrected chi connectivity index (χ0v) is 22.2. The van der Waals surface area contributed by atoms with Crippen LogP contribution in [-0.4, -0.2) is 57.9 Å². The molecule has 3 rings (SSSR count). The van der Waals surface area contributed by atoms with Crippen LogP contribution in [0.4, 0.5) is 11.4 Å². The van der Waals surface area contributed by atoms with E-state index in [4.69, 9.17) is 18.9 Å². The second kappa shape index (κ2) is 12.8. The second-order valence-electron chi connectivity index (χ2n) is 8.09. The number of anilines is 2. The van der Waals surface area contributed by atoms with E-state index in [1.807, 2.05) is 0 Å². The van der Waals surface area contributed by atoms with Crippen molar-refractivity contribution in [2.75, 3.05) is 33.8 Å². The van der Waals surface area contributed by atoms with E-state index in [9.17, 15) is 23.4 Å². The third-order valence-electron chi connectivity index (χ3n) is 5.82. The maximum Gasteiger partial charge on any atom is 0.307 e. The first-order valence-electron chi connectivity index (χ1n) is 11.4. The molecule has 1 unspecified atom stereocenters. The van der Waals surface area contributed by atoms with Crippen LogP contribution in [-0.2, 0) is 21.5 Å². The first-order valence-corrected chi connectivity index (χ1v) is 12.5. The highest BCUT2D eigenvalue weighted by Gasteiger charge is 2.24. The molecule has 0 heterocycles. The summed E-state index contributed by atoms with van der Waals surface area (Å²) in [6.07, 6.45) is -1.78. The maximum atomic E-state index is 12.3. The fourth-order valence-electron chi connectivity index (χ4n) is 4.00. The van der Waals surface area contributed by atoms with E-state index >= 15 is 0 Å². The van der Waals surface area contributed by atoms with Crippen molar-refractivity contribution < 1.29 is 42.4 Å². The molecule has 0 saturated heterocycles. The molecule has 3 N–H and O–H groups in total. The molecule has 0 spiro atoms. The number of carbonyl (C=O) groups is 1. The topological polar surface area (TPSA) is 141 Å². The van der Waals surface area contributed by atoms with Crippen molar-refractivity contribution in [3.63, 3.8) is 0 Å². The van der Waals surface area contributed by atoms with Crippen molar-refractivity contribution >= 4 is 32.5 Å². The van der Waals surface area contributed by atoms with Gasteiger partial charge in [-0.1, -0.05) is 18.2 Å². The van der Waals surface area contributed by atoms with Gasteiger partial charge in [0.05, 0.1) is 57.1 Å². The standard InChI is InChI=1S/C27H29NO9S/c1-34-18-13-23(36-3)27(24(14-18)37-4)21(29)15-25(38(32)33)17-9-10-22(35-2)20(11-17)28-19-8-6-5-7-16(19)12-26(30)31/h5-11,13-14,21,28-29H,12,15H2,1-4H3,(H,30,31). The molecule has 0 aliphatic carbocycles. The molecule has 0 aliphatic rings. The Bertz CT molecular complexity index is 1420. The first kappa shape index (κ1) is 28.4. The number of nitrogens with one attached hydrogen (secondary N) is 1. The van der Waals surface area contributed by atoms with Crippen LogP contribution < -0.4 is 24.3 Å². The number of aliphatic hydroxyl groups excluding tert-OH is 1. The van der Waals surface area contributed by atoms with Crippen LogP contribution in [0.2, 0.25) is 0 Å². The van der Waals surface area contributed by atoms with Gasteiger partial charge in [0.15, 0.2) is 0 Å². The number of para-hydroxylation sites is 1. The van der Waals surface area contributed by atoms with Crippen LogP contribution in [0.25, 0.3) is 0 Å². The predicted octanol–water partition coefficient (Wildman–Crippen LogP) is 3.62. The number of hydrogen-bond acceptors (Lipinski definition) is 9. The Morgan fingerprint density at radius 1 is 0.868 bits per heavy atom. The average Bonchev–Trinajstić information content (AvgIpc) is 2.91. The van der Waals surface area contributed by atoms with E-state index in [1.165, 1.54) is 28.4 Å². The van der Waals surface area contributed by atoms with Crippen LogP contribution >= 0.6 is 0 Å². The smallest absolute Gasteiger partial charge is 0.307 e. The van der Waals surface area contributed by atoms with Crippen molar-refractivity contribution in [2.45, 2.75) is 18.9 Å². The summed E-state index contributed by atoms with van der Waals surface area (Å²) in [5, 5.41) is 23.5. The quantitative estimate of drug-likeness (QED) is 0.229. The van der Waals surface area contributed by atoms with Gasteiger partial charge in [-0.2, -0.15) is 8.42 Å². The third-order valence-corrected chi connectivity index (χ3v) is 6.62. The lowest BCUT2D eigenvalue weighted by molar-refractivity contribution is -0.136. The fraction of sp³-hybridized carbons (Fsp3) is 0.259. The molecule has 3 aromatic carbocycles. The summed E-state index contributed by atoms with van der Waals surface area (Å²) < 4.78 is 46.1. The van der Waals surface area contributed by atoms with Crippen LogP contribution in [0.3, 0.4) is 0 Å². The molecule has 3 aromatic rings. The highest BCUT2D eigenvalue weighted by molar-refractivity contribution is 7.73.